The van der Waals surface area contributed by atoms with E-state index in [0.717, 1.165) is 24.2 Å². The predicted octanol–water partition coefficient (Wildman–Crippen LogP) is 4.00. The highest BCUT2D eigenvalue weighted by Gasteiger charge is 2.09. The zero-order chi connectivity index (χ0) is 13.0. The molecule has 1 heterocycles. The molecule has 18 heavy (non-hydrogen) atoms. The van der Waals surface area contributed by atoms with E-state index in [2.05, 4.69) is 28.3 Å². The van der Waals surface area contributed by atoms with Crippen LogP contribution in [0.25, 0.3) is 0 Å². The minimum absolute atomic E-state index is 0.603. The van der Waals surface area contributed by atoms with Gasteiger partial charge in [0.2, 0.25) is 0 Å². The van der Waals surface area contributed by atoms with E-state index in [4.69, 9.17) is 11.6 Å². The maximum Gasteiger partial charge on any atom is 0.152 e. The third-order valence-corrected chi connectivity index (χ3v) is 3.25. The van der Waals surface area contributed by atoms with E-state index in [1.54, 1.807) is 6.33 Å². The summed E-state index contributed by atoms with van der Waals surface area (Å²) >= 11 is 6.27. The second kappa shape index (κ2) is 5.83. The van der Waals surface area contributed by atoms with Gasteiger partial charge in [-0.05, 0) is 24.5 Å². The number of hydrogen-bond donors (Lipinski definition) is 1. The molecule has 0 radical (unpaired) electrons. The zero-order valence-corrected chi connectivity index (χ0v) is 11.3. The molecule has 0 unspecified atom stereocenters. The van der Waals surface area contributed by atoms with Gasteiger partial charge in [0.25, 0.3) is 0 Å². The van der Waals surface area contributed by atoms with Crippen LogP contribution in [0, 0.1) is 0 Å². The van der Waals surface area contributed by atoms with Crippen molar-refractivity contribution in [3.05, 3.63) is 46.9 Å². The van der Waals surface area contributed by atoms with Crippen LogP contribution in [-0.2, 0) is 12.8 Å². The zero-order valence-electron chi connectivity index (χ0n) is 10.6. The number of anilines is 2. The first kappa shape index (κ1) is 12.8. The molecule has 0 saturated carbocycles. The van der Waals surface area contributed by atoms with Crippen molar-refractivity contribution in [3.63, 3.8) is 0 Å². The van der Waals surface area contributed by atoms with Gasteiger partial charge in [0.05, 0.1) is 5.69 Å². The number of aromatic nitrogens is 2. The van der Waals surface area contributed by atoms with Crippen molar-refractivity contribution in [2.24, 2.45) is 0 Å². The molecule has 0 aliphatic rings. The van der Waals surface area contributed by atoms with Gasteiger partial charge in [0, 0.05) is 5.69 Å². The summed E-state index contributed by atoms with van der Waals surface area (Å²) in [5, 5.41) is 3.89. The molecule has 0 spiro atoms. The molecule has 0 atom stereocenters. The van der Waals surface area contributed by atoms with Crippen molar-refractivity contribution >= 4 is 23.1 Å². The molecular formula is C14H16ClN3. The quantitative estimate of drug-likeness (QED) is 0.904. The Balaban J connectivity index is 2.34. The summed E-state index contributed by atoms with van der Waals surface area (Å²) in [7, 11) is 0. The Labute approximate surface area is 112 Å². The van der Waals surface area contributed by atoms with Crippen LogP contribution in [0.15, 0.2) is 30.6 Å². The number of para-hydroxylation sites is 1. The summed E-state index contributed by atoms with van der Waals surface area (Å²) in [5.74, 6) is 0.671. The predicted molar refractivity (Wildman–Crippen MR) is 75.5 cm³/mol. The molecular weight excluding hydrogens is 246 g/mol. The lowest BCUT2D eigenvalue weighted by Crippen LogP contribution is -2.01. The summed E-state index contributed by atoms with van der Waals surface area (Å²) in [6.07, 6.45) is 3.31. The van der Waals surface area contributed by atoms with E-state index in [1.165, 1.54) is 5.56 Å². The smallest absolute Gasteiger partial charge is 0.152 e. The Kier molecular flexibility index (Phi) is 4.15. The van der Waals surface area contributed by atoms with Crippen LogP contribution >= 0.6 is 11.6 Å². The number of hydrogen-bond acceptors (Lipinski definition) is 3. The monoisotopic (exact) mass is 261 g/mol. The SMILES string of the molecule is CCc1ccccc1Nc1ncnc(CC)c1Cl. The van der Waals surface area contributed by atoms with Gasteiger partial charge in [0.1, 0.15) is 11.3 Å². The molecule has 4 heteroatoms. The highest BCUT2D eigenvalue weighted by atomic mass is 35.5. The van der Waals surface area contributed by atoms with Gasteiger partial charge >= 0.3 is 0 Å². The van der Waals surface area contributed by atoms with Crippen molar-refractivity contribution in [1.82, 2.24) is 9.97 Å². The highest BCUT2D eigenvalue weighted by molar-refractivity contribution is 6.33. The van der Waals surface area contributed by atoms with Crippen molar-refractivity contribution in [3.8, 4) is 0 Å². The van der Waals surface area contributed by atoms with E-state index >= 15 is 0 Å². The normalized spacial score (nSPS) is 10.4. The number of nitrogens with one attached hydrogen (secondary N) is 1. The first-order valence-corrected chi connectivity index (χ1v) is 6.48. The molecule has 94 valence electrons. The van der Waals surface area contributed by atoms with Gasteiger partial charge in [-0.15, -0.1) is 0 Å². The Morgan fingerprint density at radius 1 is 1.11 bits per heavy atom. The molecule has 0 aliphatic carbocycles. The molecule has 0 bridgehead atoms. The highest BCUT2D eigenvalue weighted by Crippen LogP contribution is 2.27. The molecule has 0 aliphatic heterocycles. The van der Waals surface area contributed by atoms with Crippen LogP contribution in [0.3, 0.4) is 0 Å². The summed E-state index contributed by atoms with van der Waals surface area (Å²) in [5.41, 5.74) is 3.15. The lowest BCUT2D eigenvalue weighted by atomic mass is 10.1. The van der Waals surface area contributed by atoms with E-state index in [9.17, 15) is 0 Å². The van der Waals surface area contributed by atoms with E-state index in [-0.39, 0.29) is 0 Å². The Hall–Kier alpha value is -1.61. The van der Waals surface area contributed by atoms with Gasteiger partial charge in [-0.25, -0.2) is 9.97 Å². The van der Waals surface area contributed by atoms with Crippen LogP contribution in [0.5, 0.6) is 0 Å². The van der Waals surface area contributed by atoms with E-state index in [0.29, 0.717) is 10.8 Å². The summed E-state index contributed by atoms with van der Waals surface area (Å²) in [6.45, 7) is 4.15. The van der Waals surface area contributed by atoms with Crippen LogP contribution in [0.1, 0.15) is 25.1 Å². The molecule has 0 saturated heterocycles. The second-order valence-corrected chi connectivity index (χ2v) is 4.35. The third-order valence-electron chi connectivity index (χ3n) is 2.85. The number of nitrogens with zero attached hydrogens (tertiary/aromatic N) is 2. The fourth-order valence-electron chi connectivity index (χ4n) is 1.82. The van der Waals surface area contributed by atoms with E-state index in [1.807, 2.05) is 25.1 Å². The Morgan fingerprint density at radius 3 is 2.61 bits per heavy atom. The van der Waals surface area contributed by atoms with Crippen LogP contribution in [0.2, 0.25) is 5.02 Å². The van der Waals surface area contributed by atoms with Gasteiger partial charge < -0.3 is 5.32 Å². The molecule has 1 aromatic carbocycles. The van der Waals surface area contributed by atoms with Crippen molar-refractivity contribution in [2.45, 2.75) is 26.7 Å². The van der Waals surface area contributed by atoms with Gasteiger partial charge in [-0.2, -0.15) is 0 Å². The lowest BCUT2D eigenvalue weighted by Gasteiger charge is -2.12. The summed E-state index contributed by atoms with van der Waals surface area (Å²) in [4.78, 5) is 8.36. The standard InChI is InChI=1S/C14H16ClN3/c1-3-10-7-5-6-8-12(10)18-14-13(15)11(4-2)16-9-17-14/h5-9H,3-4H2,1-2H3,(H,16,17,18). The van der Waals surface area contributed by atoms with Gasteiger partial charge in [-0.1, -0.05) is 43.6 Å². The third kappa shape index (κ3) is 2.62. The number of halogens is 1. The summed E-state index contributed by atoms with van der Waals surface area (Å²) < 4.78 is 0. The maximum absolute atomic E-state index is 6.27. The van der Waals surface area contributed by atoms with Gasteiger partial charge in [0.15, 0.2) is 5.82 Å². The number of rotatable bonds is 4. The molecule has 2 rings (SSSR count). The molecule has 0 amide bonds. The second-order valence-electron chi connectivity index (χ2n) is 3.97. The van der Waals surface area contributed by atoms with Crippen molar-refractivity contribution in [2.75, 3.05) is 5.32 Å². The van der Waals surface area contributed by atoms with Crippen LogP contribution in [-0.4, -0.2) is 9.97 Å². The Bertz CT molecular complexity index is 540. The molecule has 1 aromatic heterocycles. The minimum atomic E-state index is 0.603. The largest absolute Gasteiger partial charge is 0.339 e. The molecule has 1 N–H and O–H groups in total. The van der Waals surface area contributed by atoms with Gasteiger partial charge in [-0.3, -0.25) is 0 Å². The first-order valence-electron chi connectivity index (χ1n) is 6.10. The summed E-state index contributed by atoms with van der Waals surface area (Å²) in [6, 6.07) is 8.15. The van der Waals surface area contributed by atoms with Crippen LogP contribution < -0.4 is 5.32 Å². The fraction of sp³-hybridized carbons (Fsp3) is 0.286. The van der Waals surface area contributed by atoms with E-state index < -0.39 is 0 Å². The lowest BCUT2D eigenvalue weighted by molar-refractivity contribution is 1.00. The number of aryl methyl sites for hydroxylation is 2. The Morgan fingerprint density at radius 2 is 1.89 bits per heavy atom. The average molecular weight is 262 g/mol. The molecule has 3 nitrogen and oxygen atoms in total. The fourth-order valence-corrected chi connectivity index (χ4v) is 2.10. The minimum Gasteiger partial charge on any atom is -0.339 e. The first-order chi connectivity index (χ1) is 8.76. The average Bonchev–Trinajstić information content (AvgIpc) is 2.42. The number of benzene rings is 1. The topological polar surface area (TPSA) is 37.8 Å². The molecule has 0 fully saturated rings. The van der Waals surface area contributed by atoms with Crippen LogP contribution in [0.4, 0.5) is 11.5 Å². The maximum atomic E-state index is 6.27. The molecule has 2 aromatic rings. The van der Waals surface area contributed by atoms with Crippen molar-refractivity contribution in [1.29, 1.82) is 0 Å². The van der Waals surface area contributed by atoms with Crippen molar-refractivity contribution < 1.29 is 0 Å².